The van der Waals surface area contributed by atoms with Crippen LogP contribution in [0, 0.1) is 5.82 Å². The molecule has 0 amide bonds. The lowest BCUT2D eigenvalue weighted by atomic mass is 10.1. The van der Waals surface area contributed by atoms with Crippen molar-refractivity contribution in [3.63, 3.8) is 0 Å². The third-order valence-corrected chi connectivity index (χ3v) is 5.68. The molecule has 0 heterocycles. The van der Waals surface area contributed by atoms with Gasteiger partial charge in [0.05, 0.1) is 5.56 Å². The molecule has 2 aromatic rings. The third-order valence-electron chi connectivity index (χ3n) is 4.30. The van der Waals surface area contributed by atoms with Gasteiger partial charge in [-0.3, -0.25) is 0 Å². The predicted molar refractivity (Wildman–Crippen MR) is 112 cm³/mol. The van der Waals surface area contributed by atoms with E-state index in [0.29, 0.717) is 22.6 Å². The van der Waals surface area contributed by atoms with Crippen LogP contribution in [-0.4, -0.2) is 18.9 Å². The minimum Gasteiger partial charge on any atom is -0.484 e. The van der Waals surface area contributed by atoms with E-state index in [9.17, 15) is 30.7 Å². The summed E-state index contributed by atoms with van der Waals surface area (Å²) in [5.74, 6) is -1.05. The SMILES string of the molecule is CCC(Oc1cc(OCC(F)(F)F)ccc1F)/C(SCc1ccc(C(F)(F)F)cc1)=C(\C)N. The Labute approximate surface area is 190 Å². The van der Waals surface area contributed by atoms with Gasteiger partial charge >= 0.3 is 12.4 Å². The van der Waals surface area contributed by atoms with Crippen molar-refractivity contribution in [2.45, 2.75) is 44.5 Å². The largest absolute Gasteiger partial charge is 0.484 e. The number of alkyl halides is 6. The van der Waals surface area contributed by atoms with Crippen molar-refractivity contribution >= 4 is 11.8 Å². The summed E-state index contributed by atoms with van der Waals surface area (Å²) < 4.78 is 99.9. The highest BCUT2D eigenvalue weighted by atomic mass is 32.2. The minimum atomic E-state index is -4.55. The molecule has 2 rings (SSSR count). The molecule has 0 aliphatic carbocycles. The molecule has 0 fully saturated rings. The molecule has 11 heteroatoms. The first kappa shape index (κ1) is 26.7. The number of halogens is 7. The molecule has 0 saturated carbocycles. The van der Waals surface area contributed by atoms with Crippen LogP contribution in [-0.2, 0) is 11.9 Å². The number of hydrogen-bond acceptors (Lipinski definition) is 4. The summed E-state index contributed by atoms with van der Waals surface area (Å²) in [7, 11) is 0. The average molecular weight is 497 g/mol. The van der Waals surface area contributed by atoms with Crippen LogP contribution in [0.3, 0.4) is 0 Å². The summed E-state index contributed by atoms with van der Waals surface area (Å²) in [6, 6.07) is 7.66. The zero-order valence-electron chi connectivity index (χ0n) is 17.7. The molecule has 0 aliphatic heterocycles. The van der Waals surface area contributed by atoms with Gasteiger partial charge in [0.1, 0.15) is 11.9 Å². The number of nitrogens with two attached hydrogens (primary N) is 1. The second-order valence-electron chi connectivity index (χ2n) is 7.04. The van der Waals surface area contributed by atoms with Gasteiger partial charge in [-0.1, -0.05) is 19.1 Å². The maximum atomic E-state index is 14.2. The van der Waals surface area contributed by atoms with Crippen LogP contribution in [0.25, 0.3) is 0 Å². The lowest BCUT2D eigenvalue weighted by Gasteiger charge is -2.22. The lowest BCUT2D eigenvalue weighted by molar-refractivity contribution is -0.153. The molecule has 33 heavy (non-hydrogen) atoms. The summed E-state index contributed by atoms with van der Waals surface area (Å²) in [5, 5.41) is 0. The smallest absolute Gasteiger partial charge is 0.422 e. The molecule has 0 aromatic heterocycles. The van der Waals surface area contributed by atoms with E-state index in [1.165, 1.54) is 23.9 Å². The summed E-state index contributed by atoms with van der Waals surface area (Å²) in [4.78, 5) is 0.526. The van der Waals surface area contributed by atoms with E-state index in [0.717, 1.165) is 30.3 Å². The van der Waals surface area contributed by atoms with E-state index in [-0.39, 0.29) is 17.3 Å². The van der Waals surface area contributed by atoms with Crippen molar-refractivity contribution < 1.29 is 40.2 Å². The standard InChI is InChI=1S/C22H22F7NO2S/c1-3-18(32-19-10-16(8-9-17(19)23)31-12-21(24,25)26)20(13(2)30)33-11-14-4-6-15(7-5-14)22(27,28)29/h4-10,18H,3,11-12,30H2,1-2H3/b20-13-. The van der Waals surface area contributed by atoms with Gasteiger partial charge in [0.15, 0.2) is 18.2 Å². The van der Waals surface area contributed by atoms with Gasteiger partial charge in [-0.2, -0.15) is 26.3 Å². The molecule has 1 unspecified atom stereocenters. The van der Waals surface area contributed by atoms with Gasteiger partial charge in [-0.25, -0.2) is 4.39 Å². The minimum absolute atomic E-state index is 0.217. The predicted octanol–water partition coefficient (Wildman–Crippen LogP) is 7.07. The molecule has 0 aliphatic rings. The zero-order valence-corrected chi connectivity index (χ0v) is 18.5. The van der Waals surface area contributed by atoms with Crippen molar-refractivity contribution in [3.05, 3.63) is 70.0 Å². The first-order valence-electron chi connectivity index (χ1n) is 9.71. The summed E-state index contributed by atoms with van der Waals surface area (Å²) in [5.41, 5.74) is 6.17. The number of allylic oxidation sites excluding steroid dienone is 1. The summed E-state index contributed by atoms with van der Waals surface area (Å²) >= 11 is 1.22. The Hall–Kier alpha value is -2.56. The van der Waals surface area contributed by atoms with Crippen LogP contribution >= 0.6 is 11.8 Å². The Morgan fingerprint density at radius 3 is 2.18 bits per heavy atom. The molecule has 2 N–H and O–H groups in total. The van der Waals surface area contributed by atoms with E-state index < -0.39 is 36.4 Å². The lowest BCUT2D eigenvalue weighted by Crippen LogP contribution is -2.21. The Bertz CT molecular complexity index is 953. The van der Waals surface area contributed by atoms with Crippen LogP contribution in [0.5, 0.6) is 11.5 Å². The quantitative estimate of drug-likeness (QED) is 0.377. The van der Waals surface area contributed by atoms with Gasteiger partial charge in [-0.05, 0) is 43.2 Å². The molecule has 0 saturated heterocycles. The average Bonchev–Trinajstić information content (AvgIpc) is 2.72. The Kier molecular flexibility index (Phi) is 8.93. The van der Waals surface area contributed by atoms with Gasteiger partial charge in [0.25, 0.3) is 0 Å². The van der Waals surface area contributed by atoms with Crippen LogP contribution in [0.15, 0.2) is 53.1 Å². The highest BCUT2D eigenvalue weighted by Gasteiger charge is 2.30. The van der Waals surface area contributed by atoms with E-state index >= 15 is 0 Å². The molecule has 1 atom stereocenters. The van der Waals surface area contributed by atoms with Crippen LogP contribution in [0.4, 0.5) is 30.7 Å². The fourth-order valence-corrected chi connectivity index (χ4v) is 3.86. The first-order chi connectivity index (χ1) is 15.3. The highest BCUT2D eigenvalue weighted by Crippen LogP contribution is 2.34. The van der Waals surface area contributed by atoms with Crippen LogP contribution in [0.1, 0.15) is 31.4 Å². The van der Waals surface area contributed by atoms with Gasteiger partial charge in [0, 0.05) is 22.4 Å². The second-order valence-corrected chi connectivity index (χ2v) is 8.06. The fourth-order valence-electron chi connectivity index (χ4n) is 2.72. The van der Waals surface area contributed by atoms with Crippen molar-refractivity contribution in [1.29, 1.82) is 0 Å². The Balaban J connectivity index is 2.14. The maximum absolute atomic E-state index is 14.2. The number of benzene rings is 2. The molecule has 2 aromatic carbocycles. The van der Waals surface area contributed by atoms with E-state index in [2.05, 4.69) is 4.74 Å². The zero-order chi connectivity index (χ0) is 24.8. The Morgan fingerprint density at radius 2 is 1.67 bits per heavy atom. The van der Waals surface area contributed by atoms with E-state index in [1.807, 2.05) is 0 Å². The van der Waals surface area contributed by atoms with Crippen LogP contribution in [0.2, 0.25) is 0 Å². The third kappa shape index (κ3) is 8.38. The highest BCUT2D eigenvalue weighted by molar-refractivity contribution is 8.02. The fraction of sp³-hybridized carbons (Fsp3) is 0.364. The molecule has 0 spiro atoms. The van der Waals surface area contributed by atoms with Gasteiger partial charge in [-0.15, -0.1) is 11.8 Å². The monoisotopic (exact) mass is 497 g/mol. The van der Waals surface area contributed by atoms with Crippen molar-refractivity contribution in [1.82, 2.24) is 0 Å². The van der Waals surface area contributed by atoms with E-state index in [4.69, 9.17) is 10.5 Å². The second kappa shape index (κ2) is 11.0. The molecule has 0 radical (unpaired) electrons. The summed E-state index contributed by atoms with van der Waals surface area (Å²) in [6.07, 6.45) is -9.38. The normalized spacial score (nSPS) is 14.0. The first-order valence-corrected chi connectivity index (χ1v) is 10.7. The number of rotatable bonds is 9. The number of thioether (sulfide) groups is 1. The van der Waals surface area contributed by atoms with Gasteiger partial charge in [0.2, 0.25) is 0 Å². The summed E-state index contributed by atoms with van der Waals surface area (Å²) in [6.45, 7) is 1.81. The Morgan fingerprint density at radius 1 is 1.03 bits per heavy atom. The number of hydrogen-bond donors (Lipinski definition) is 1. The molecule has 3 nitrogen and oxygen atoms in total. The topological polar surface area (TPSA) is 44.5 Å². The van der Waals surface area contributed by atoms with Crippen molar-refractivity contribution in [2.75, 3.05) is 6.61 Å². The molecular weight excluding hydrogens is 475 g/mol. The van der Waals surface area contributed by atoms with E-state index in [1.54, 1.807) is 13.8 Å². The van der Waals surface area contributed by atoms with Crippen molar-refractivity contribution in [2.24, 2.45) is 5.73 Å². The molecule has 182 valence electrons. The maximum Gasteiger partial charge on any atom is 0.422 e. The molecular formula is C22H22F7NO2S. The van der Waals surface area contributed by atoms with Crippen molar-refractivity contribution in [3.8, 4) is 11.5 Å². The van der Waals surface area contributed by atoms with Crippen LogP contribution < -0.4 is 15.2 Å². The molecule has 0 bridgehead atoms. The van der Waals surface area contributed by atoms with Gasteiger partial charge < -0.3 is 15.2 Å². The number of ether oxygens (including phenoxy) is 2.